The van der Waals surface area contributed by atoms with Gasteiger partial charge in [-0.1, -0.05) is 5.16 Å². The van der Waals surface area contributed by atoms with Crippen molar-refractivity contribution in [1.82, 2.24) is 19.9 Å². The molecule has 0 unspecified atom stereocenters. The van der Waals surface area contributed by atoms with Gasteiger partial charge in [-0.2, -0.15) is 5.10 Å². The quantitative estimate of drug-likeness (QED) is 0.703. The summed E-state index contributed by atoms with van der Waals surface area (Å²) in [5.41, 5.74) is 1.07. The molecule has 9 nitrogen and oxygen atoms in total. The highest BCUT2D eigenvalue weighted by molar-refractivity contribution is 5.96. The van der Waals surface area contributed by atoms with Crippen LogP contribution in [0.5, 0.6) is 0 Å². The molecule has 0 bridgehead atoms. The molecule has 3 aromatic rings. The van der Waals surface area contributed by atoms with E-state index in [0.717, 1.165) is 5.69 Å². The molecule has 0 saturated carbocycles. The van der Waals surface area contributed by atoms with Crippen LogP contribution < -0.4 is 5.32 Å². The molecule has 1 atom stereocenters. The summed E-state index contributed by atoms with van der Waals surface area (Å²) in [4.78, 5) is 28.0. The molecule has 3 rings (SSSR count). The van der Waals surface area contributed by atoms with Crippen molar-refractivity contribution >= 4 is 17.7 Å². The van der Waals surface area contributed by atoms with Crippen molar-refractivity contribution in [1.29, 1.82) is 0 Å². The molecule has 1 N–H and O–H groups in total. The van der Waals surface area contributed by atoms with Gasteiger partial charge in [-0.25, -0.2) is 14.5 Å². The lowest BCUT2D eigenvalue weighted by atomic mass is 10.2. The van der Waals surface area contributed by atoms with Crippen molar-refractivity contribution in [3.05, 3.63) is 54.3 Å². The summed E-state index contributed by atoms with van der Waals surface area (Å²) in [5, 5.41) is 10.2. The highest BCUT2D eigenvalue weighted by Crippen LogP contribution is 2.12. The molecule has 0 aliphatic carbocycles. The van der Waals surface area contributed by atoms with E-state index in [0.29, 0.717) is 11.3 Å². The zero-order chi connectivity index (χ0) is 17.8. The summed E-state index contributed by atoms with van der Waals surface area (Å²) in [5.74, 6) is -0.278. The number of benzene rings is 1. The maximum Gasteiger partial charge on any atom is 0.338 e. The topological polar surface area (TPSA) is 112 Å². The minimum absolute atomic E-state index is 0.266. The molecule has 25 heavy (non-hydrogen) atoms. The number of ether oxygens (including phenoxy) is 1. The lowest BCUT2D eigenvalue weighted by Crippen LogP contribution is -2.30. The lowest BCUT2D eigenvalue weighted by Gasteiger charge is -2.12. The van der Waals surface area contributed by atoms with E-state index in [1.807, 2.05) is 0 Å². The Morgan fingerprint density at radius 2 is 2.04 bits per heavy atom. The molecule has 0 fully saturated rings. The second kappa shape index (κ2) is 6.95. The van der Waals surface area contributed by atoms with E-state index >= 15 is 0 Å². The number of esters is 1. The molecule has 1 aromatic carbocycles. The third kappa shape index (κ3) is 3.89. The molecule has 0 aliphatic rings. The number of nitrogens with zero attached hydrogens (tertiary/aromatic N) is 4. The van der Waals surface area contributed by atoms with Gasteiger partial charge in [-0.15, -0.1) is 0 Å². The van der Waals surface area contributed by atoms with E-state index in [1.54, 1.807) is 48.3 Å². The molecule has 2 heterocycles. The number of carbonyl (C=O) groups is 2. The van der Waals surface area contributed by atoms with E-state index in [1.165, 1.54) is 13.3 Å². The van der Waals surface area contributed by atoms with Crippen molar-refractivity contribution in [2.75, 3.05) is 5.32 Å². The predicted molar refractivity (Wildman–Crippen MR) is 86.1 cm³/mol. The first-order chi connectivity index (χ1) is 12.0. The summed E-state index contributed by atoms with van der Waals surface area (Å²) < 4.78 is 11.6. The number of rotatable bonds is 5. The summed E-state index contributed by atoms with van der Waals surface area (Å²) in [6.45, 7) is 3.18. The van der Waals surface area contributed by atoms with Crippen LogP contribution in [0.2, 0.25) is 0 Å². The zero-order valence-electron chi connectivity index (χ0n) is 13.5. The summed E-state index contributed by atoms with van der Waals surface area (Å²) in [7, 11) is 0. The molecule has 1 amide bonds. The first-order valence-corrected chi connectivity index (χ1v) is 7.43. The Kier molecular flexibility index (Phi) is 4.55. The fraction of sp³-hybridized carbons (Fsp3) is 0.188. The second-order valence-electron chi connectivity index (χ2n) is 5.25. The van der Waals surface area contributed by atoms with Crippen molar-refractivity contribution < 1.29 is 18.8 Å². The van der Waals surface area contributed by atoms with Gasteiger partial charge in [0.05, 0.1) is 11.3 Å². The highest BCUT2D eigenvalue weighted by Gasteiger charge is 2.20. The largest absolute Gasteiger partial charge is 0.449 e. The molecule has 0 aliphatic heterocycles. The first-order valence-electron chi connectivity index (χ1n) is 7.43. The van der Waals surface area contributed by atoms with Crippen molar-refractivity contribution in [2.45, 2.75) is 20.0 Å². The predicted octanol–water partition coefficient (Wildman–Crippen LogP) is 1.75. The van der Waals surface area contributed by atoms with Gasteiger partial charge in [-0.05, 0) is 38.1 Å². The van der Waals surface area contributed by atoms with Gasteiger partial charge >= 0.3 is 5.97 Å². The Labute approximate surface area is 142 Å². The van der Waals surface area contributed by atoms with Crippen LogP contribution in [0.25, 0.3) is 5.69 Å². The third-order valence-corrected chi connectivity index (χ3v) is 3.32. The van der Waals surface area contributed by atoms with E-state index in [9.17, 15) is 9.59 Å². The van der Waals surface area contributed by atoms with Gasteiger partial charge in [0.2, 0.25) is 0 Å². The zero-order valence-corrected chi connectivity index (χ0v) is 13.5. The molecule has 0 spiro atoms. The Morgan fingerprint density at radius 1 is 1.28 bits per heavy atom. The van der Waals surface area contributed by atoms with E-state index in [2.05, 4.69) is 20.6 Å². The number of amides is 1. The van der Waals surface area contributed by atoms with Gasteiger partial charge in [0, 0.05) is 6.07 Å². The van der Waals surface area contributed by atoms with Gasteiger partial charge in [-0.3, -0.25) is 4.79 Å². The highest BCUT2D eigenvalue weighted by atomic mass is 16.5. The number of aryl methyl sites for hydroxylation is 1. The van der Waals surface area contributed by atoms with Crippen LogP contribution in [-0.4, -0.2) is 37.9 Å². The SMILES string of the molecule is Cc1cc(NC(=O)[C@H](C)OC(=O)c2ccc(-n3cncn3)cc2)no1. The van der Waals surface area contributed by atoms with Crippen molar-refractivity contribution in [3.8, 4) is 5.69 Å². The van der Waals surface area contributed by atoms with Crippen LogP contribution in [0.15, 0.2) is 47.5 Å². The fourth-order valence-corrected chi connectivity index (χ4v) is 2.03. The summed E-state index contributed by atoms with van der Waals surface area (Å²) in [6, 6.07) is 8.15. The number of anilines is 1. The van der Waals surface area contributed by atoms with Gasteiger partial charge in [0.25, 0.3) is 5.91 Å². The van der Waals surface area contributed by atoms with Crippen molar-refractivity contribution in [3.63, 3.8) is 0 Å². The molecule has 0 saturated heterocycles. The van der Waals surface area contributed by atoms with Crippen LogP contribution in [0.1, 0.15) is 23.0 Å². The monoisotopic (exact) mass is 341 g/mol. The number of hydrogen-bond acceptors (Lipinski definition) is 7. The number of hydrogen-bond donors (Lipinski definition) is 1. The summed E-state index contributed by atoms with van der Waals surface area (Å²) >= 11 is 0. The van der Waals surface area contributed by atoms with Crippen LogP contribution in [0.3, 0.4) is 0 Å². The molecular weight excluding hydrogens is 326 g/mol. The minimum Gasteiger partial charge on any atom is -0.449 e. The smallest absolute Gasteiger partial charge is 0.338 e. The average molecular weight is 341 g/mol. The van der Waals surface area contributed by atoms with Crippen LogP contribution in [0.4, 0.5) is 5.82 Å². The maximum atomic E-state index is 12.1. The Balaban J connectivity index is 1.60. The Morgan fingerprint density at radius 3 is 2.64 bits per heavy atom. The molecule has 128 valence electrons. The summed E-state index contributed by atoms with van der Waals surface area (Å²) in [6.07, 6.45) is 1.98. The Hall–Kier alpha value is -3.49. The normalized spacial score (nSPS) is 11.8. The van der Waals surface area contributed by atoms with E-state index in [4.69, 9.17) is 9.26 Å². The van der Waals surface area contributed by atoms with Crippen LogP contribution >= 0.6 is 0 Å². The molecule has 2 aromatic heterocycles. The second-order valence-corrected chi connectivity index (χ2v) is 5.25. The fourth-order valence-electron chi connectivity index (χ4n) is 2.03. The Bertz CT molecular complexity index is 870. The molecule has 0 radical (unpaired) electrons. The number of carbonyl (C=O) groups excluding carboxylic acids is 2. The third-order valence-electron chi connectivity index (χ3n) is 3.32. The van der Waals surface area contributed by atoms with Crippen LogP contribution in [-0.2, 0) is 9.53 Å². The number of nitrogens with one attached hydrogen (secondary N) is 1. The van der Waals surface area contributed by atoms with Gasteiger partial charge in [0.1, 0.15) is 18.4 Å². The van der Waals surface area contributed by atoms with Gasteiger partial charge < -0.3 is 14.6 Å². The first kappa shape index (κ1) is 16.4. The maximum absolute atomic E-state index is 12.1. The van der Waals surface area contributed by atoms with E-state index < -0.39 is 18.0 Å². The van der Waals surface area contributed by atoms with Crippen molar-refractivity contribution in [2.24, 2.45) is 0 Å². The molecule has 9 heteroatoms. The van der Waals surface area contributed by atoms with Gasteiger partial charge in [0.15, 0.2) is 11.9 Å². The lowest BCUT2D eigenvalue weighted by molar-refractivity contribution is -0.123. The minimum atomic E-state index is -0.987. The molecular formula is C16H15N5O4. The van der Waals surface area contributed by atoms with E-state index in [-0.39, 0.29) is 5.82 Å². The standard InChI is InChI=1S/C16H15N5O4/c1-10-7-14(20-25-10)19-15(22)11(2)24-16(23)12-3-5-13(6-4-12)21-9-17-8-18-21/h3-9,11H,1-2H3,(H,19,20,22)/t11-/m0/s1. The number of aromatic nitrogens is 4. The van der Waals surface area contributed by atoms with Crippen LogP contribution in [0, 0.1) is 6.92 Å². The average Bonchev–Trinajstić information content (AvgIpc) is 3.27.